The van der Waals surface area contributed by atoms with Gasteiger partial charge in [-0.3, -0.25) is 14.2 Å². The highest BCUT2D eigenvalue weighted by Crippen LogP contribution is 2.42. The third-order valence-corrected chi connectivity index (χ3v) is 9.15. The van der Waals surface area contributed by atoms with Gasteiger partial charge >= 0.3 is 0 Å². The summed E-state index contributed by atoms with van der Waals surface area (Å²) in [7, 11) is 0. The normalized spacial score (nSPS) is 15.8. The molecule has 1 aliphatic rings. The summed E-state index contributed by atoms with van der Waals surface area (Å²) in [4.78, 5) is 33.7. The van der Waals surface area contributed by atoms with E-state index in [1.165, 1.54) is 40.9 Å². The Hall–Kier alpha value is -2.77. The number of Topliss-reactive ketones (excluding diaryl/α,β-unsaturated/α-hetero) is 1. The third kappa shape index (κ3) is 4.78. The minimum atomic E-state index is -0.380. The first-order valence-electron chi connectivity index (χ1n) is 12.2. The number of aryl methyl sites for hydroxylation is 2. The zero-order chi connectivity index (χ0) is 25.6. The highest BCUT2D eigenvalue weighted by Gasteiger charge is 2.32. The number of thiophene rings is 1. The van der Waals surface area contributed by atoms with Crippen molar-refractivity contribution in [1.29, 1.82) is 0 Å². The second kappa shape index (κ2) is 9.60. The number of carbonyl (C=O) groups is 1. The zero-order valence-corrected chi connectivity index (χ0v) is 22.6. The molecule has 0 spiro atoms. The average Bonchev–Trinajstić information content (AvgIpc) is 3.21. The summed E-state index contributed by atoms with van der Waals surface area (Å²) in [5, 5.41) is 1.22. The van der Waals surface area contributed by atoms with Gasteiger partial charge in [-0.1, -0.05) is 50.2 Å². The Morgan fingerprint density at radius 1 is 1.14 bits per heavy atom. The fourth-order valence-electron chi connectivity index (χ4n) is 4.81. The van der Waals surface area contributed by atoms with Gasteiger partial charge in [-0.25, -0.2) is 9.37 Å². The average molecular weight is 521 g/mol. The van der Waals surface area contributed by atoms with E-state index in [4.69, 9.17) is 4.98 Å². The summed E-state index contributed by atoms with van der Waals surface area (Å²) >= 11 is 2.87. The Kier molecular flexibility index (Phi) is 6.64. The minimum Gasteiger partial charge on any atom is -0.293 e. The summed E-state index contributed by atoms with van der Waals surface area (Å²) in [6, 6.07) is 13.3. The van der Waals surface area contributed by atoms with Crippen LogP contribution in [0, 0.1) is 24.1 Å². The smallest absolute Gasteiger partial charge is 0.267 e. The summed E-state index contributed by atoms with van der Waals surface area (Å²) < 4.78 is 14.9. The molecule has 0 aliphatic heterocycles. The number of rotatable bonds is 5. The van der Waals surface area contributed by atoms with Crippen LogP contribution in [0.2, 0.25) is 0 Å². The predicted molar refractivity (Wildman–Crippen MR) is 146 cm³/mol. The van der Waals surface area contributed by atoms with Crippen LogP contribution in [0.15, 0.2) is 58.5 Å². The van der Waals surface area contributed by atoms with Gasteiger partial charge in [0, 0.05) is 10.4 Å². The van der Waals surface area contributed by atoms with Gasteiger partial charge in [0.15, 0.2) is 10.9 Å². The van der Waals surface area contributed by atoms with Gasteiger partial charge in [0.2, 0.25) is 0 Å². The van der Waals surface area contributed by atoms with Gasteiger partial charge in [-0.15, -0.1) is 11.3 Å². The van der Waals surface area contributed by atoms with E-state index in [0.29, 0.717) is 16.6 Å². The van der Waals surface area contributed by atoms with Gasteiger partial charge in [0.05, 0.1) is 16.8 Å². The van der Waals surface area contributed by atoms with Gasteiger partial charge in [-0.05, 0) is 79.5 Å². The van der Waals surface area contributed by atoms with Gasteiger partial charge in [0.1, 0.15) is 10.6 Å². The maximum atomic E-state index is 14.0. The van der Waals surface area contributed by atoms with Crippen molar-refractivity contribution < 1.29 is 9.18 Å². The second-order valence-electron chi connectivity index (χ2n) is 10.6. The Morgan fingerprint density at radius 3 is 2.50 bits per heavy atom. The molecule has 2 heterocycles. The highest BCUT2D eigenvalue weighted by atomic mass is 32.2. The van der Waals surface area contributed by atoms with Crippen LogP contribution in [0.3, 0.4) is 0 Å². The number of carbonyl (C=O) groups excluding carboxylic acids is 1. The Balaban J connectivity index is 1.58. The number of fused-ring (bicyclic) bond motifs is 3. The van der Waals surface area contributed by atoms with Gasteiger partial charge in [0.25, 0.3) is 5.56 Å². The second-order valence-corrected chi connectivity index (χ2v) is 12.6. The molecule has 1 atom stereocenters. The van der Waals surface area contributed by atoms with E-state index in [-0.39, 0.29) is 28.3 Å². The Morgan fingerprint density at radius 2 is 1.83 bits per heavy atom. The van der Waals surface area contributed by atoms with Crippen molar-refractivity contribution in [2.45, 2.75) is 52.1 Å². The van der Waals surface area contributed by atoms with E-state index in [1.54, 1.807) is 15.9 Å². The monoisotopic (exact) mass is 520 g/mol. The molecule has 4 nitrogen and oxygen atoms in total. The SMILES string of the molecule is Cc1ccc(-n2c(SCC(=O)c3ccc(F)cc3)nc3sc4c(c3c2=O)CCC(C(C)(C)C)C4)cc1. The van der Waals surface area contributed by atoms with Crippen molar-refractivity contribution in [1.82, 2.24) is 9.55 Å². The lowest BCUT2D eigenvalue weighted by atomic mass is 9.72. The molecule has 2 aromatic heterocycles. The lowest BCUT2D eigenvalue weighted by molar-refractivity contribution is 0.102. The lowest BCUT2D eigenvalue weighted by Crippen LogP contribution is -2.27. The van der Waals surface area contributed by atoms with E-state index in [9.17, 15) is 14.0 Å². The topological polar surface area (TPSA) is 52.0 Å². The molecule has 2 aromatic carbocycles. The fourth-order valence-corrected chi connectivity index (χ4v) is 7.06. The molecule has 5 rings (SSSR count). The van der Waals surface area contributed by atoms with Crippen molar-refractivity contribution in [3.63, 3.8) is 0 Å². The third-order valence-electron chi connectivity index (χ3n) is 7.07. The van der Waals surface area contributed by atoms with Crippen LogP contribution in [0.1, 0.15) is 53.6 Å². The summed E-state index contributed by atoms with van der Waals surface area (Å²) in [5.41, 5.74) is 3.56. The number of thioether (sulfide) groups is 1. The molecule has 0 radical (unpaired) electrons. The molecule has 0 N–H and O–H groups in total. The number of nitrogens with zero attached hydrogens (tertiary/aromatic N) is 2. The maximum absolute atomic E-state index is 14.0. The molecule has 186 valence electrons. The number of ketones is 1. The van der Waals surface area contributed by atoms with E-state index in [0.717, 1.165) is 46.3 Å². The lowest BCUT2D eigenvalue weighted by Gasteiger charge is -2.33. The quantitative estimate of drug-likeness (QED) is 0.161. The molecule has 0 fully saturated rings. The molecular weight excluding hydrogens is 491 g/mol. The molecule has 0 saturated carbocycles. The van der Waals surface area contributed by atoms with E-state index in [2.05, 4.69) is 20.8 Å². The van der Waals surface area contributed by atoms with Crippen LogP contribution < -0.4 is 5.56 Å². The first-order valence-corrected chi connectivity index (χ1v) is 14.0. The summed E-state index contributed by atoms with van der Waals surface area (Å²) in [5.74, 6) is 0.157. The molecule has 7 heteroatoms. The number of aromatic nitrogens is 2. The molecule has 0 bridgehead atoms. The minimum absolute atomic E-state index is 0.0766. The van der Waals surface area contributed by atoms with Crippen LogP contribution in [-0.2, 0) is 12.8 Å². The van der Waals surface area contributed by atoms with Crippen LogP contribution >= 0.6 is 23.1 Å². The van der Waals surface area contributed by atoms with Gasteiger partial charge < -0.3 is 0 Å². The number of benzene rings is 2. The zero-order valence-electron chi connectivity index (χ0n) is 20.9. The maximum Gasteiger partial charge on any atom is 0.267 e. The fraction of sp³-hybridized carbons (Fsp3) is 0.345. The first kappa shape index (κ1) is 24.9. The molecular formula is C29H29FN2O2S2. The van der Waals surface area contributed by atoms with Crippen molar-refractivity contribution in [3.05, 3.63) is 86.3 Å². The van der Waals surface area contributed by atoms with E-state index >= 15 is 0 Å². The molecule has 1 unspecified atom stereocenters. The highest BCUT2D eigenvalue weighted by molar-refractivity contribution is 7.99. The predicted octanol–water partition coefficient (Wildman–Crippen LogP) is 7.02. The number of hydrogen-bond donors (Lipinski definition) is 0. The van der Waals surface area contributed by atoms with Crippen molar-refractivity contribution in [2.75, 3.05) is 5.75 Å². The number of halogens is 1. The molecule has 0 saturated heterocycles. The standard InChI is InChI=1S/C29H29FN2O2S2/c1-17-5-12-21(13-6-17)32-27(34)25-22-14-9-19(29(2,3)4)15-24(22)36-26(25)31-28(32)35-16-23(33)18-7-10-20(30)11-8-18/h5-8,10-13,19H,9,14-16H2,1-4H3. The number of hydrogen-bond acceptors (Lipinski definition) is 5. The molecule has 0 amide bonds. The van der Waals surface area contributed by atoms with Crippen LogP contribution in [-0.4, -0.2) is 21.1 Å². The molecule has 1 aliphatic carbocycles. The summed E-state index contributed by atoms with van der Waals surface area (Å²) in [6.45, 7) is 8.86. The van der Waals surface area contributed by atoms with Crippen LogP contribution in [0.4, 0.5) is 4.39 Å². The Bertz CT molecular complexity index is 1500. The first-order chi connectivity index (χ1) is 17.1. The van der Waals surface area contributed by atoms with Crippen LogP contribution in [0.5, 0.6) is 0 Å². The molecule has 4 aromatic rings. The van der Waals surface area contributed by atoms with E-state index < -0.39 is 0 Å². The largest absolute Gasteiger partial charge is 0.293 e. The van der Waals surface area contributed by atoms with Crippen molar-refractivity contribution in [3.8, 4) is 5.69 Å². The van der Waals surface area contributed by atoms with Crippen LogP contribution in [0.25, 0.3) is 15.9 Å². The Labute approximate surface area is 218 Å². The van der Waals surface area contributed by atoms with Crippen molar-refractivity contribution >= 4 is 39.1 Å². The van der Waals surface area contributed by atoms with E-state index in [1.807, 2.05) is 31.2 Å². The van der Waals surface area contributed by atoms with Crippen molar-refractivity contribution in [2.24, 2.45) is 11.3 Å². The summed E-state index contributed by atoms with van der Waals surface area (Å²) in [6.07, 6.45) is 2.92. The molecule has 36 heavy (non-hydrogen) atoms. The van der Waals surface area contributed by atoms with Gasteiger partial charge in [-0.2, -0.15) is 0 Å².